The number of hydrogen-bond donors (Lipinski definition) is 0. The molecule has 0 spiro atoms. The first kappa shape index (κ1) is 16.7. The van der Waals surface area contributed by atoms with Crippen molar-refractivity contribution in [3.05, 3.63) is 68.1 Å². The molecule has 0 bridgehead atoms. The third kappa shape index (κ3) is 3.77. The van der Waals surface area contributed by atoms with Crippen LogP contribution in [0.25, 0.3) is 0 Å². The minimum atomic E-state index is -0.0276. The Bertz CT molecular complexity index is 663. The van der Waals surface area contributed by atoms with Crippen LogP contribution in [0, 0.1) is 0 Å². The van der Waals surface area contributed by atoms with Crippen LogP contribution in [0.15, 0.2) is 40.9 Å². The second kappa shape index (κ2) is 7.08. The van der Waals surface area contributed by atoms with Crippen LogP contribution in [0.2, 0.25) is 5.02 Å². The molecule has 0 saturated heterocycles. The predicted molar refractivity (Wildman–Crippen MR) is 95.7 cm³/mol. The van der Waals surface area contributed by atoms with Gasteiger partial charge in [0.05, 0.1) is 0 Å². The van der Waals surface area contributed by atoms with Crippen molar-refractivity contribution >= 4 is 49.2 Å². The van der Waals surface area contributed by atoms with Gasteiger partial charge in [-0.1, -0.05) is 74.7 Å². The molecule has 0 aliphatic rings. The molecule has 0 fully saturated rings. The maximum Gasteiger partial charge on any atom is 0.194 e. The number of aryl methyl sites for hydroxylation is 1. The molecule has 1 nitrogen and oxygen atoms in total. The molecular weight excluding hydrogens is 415 g/mol. The number of benzene rings is 2. The Kier molecular flexibility index (Phi) is 5.64. The standard InChI is InChI=1S/C17H15Br2ClO/c1-3-11-4-6-12(7-5-11)17(21)14-9-16(20)13(10(2)18)8-15(14)19/h4-10H,3H2,1-2H3. The van der Waals surface area contributed by atoms with Gasteiger partial charge >= 0.3 is 0 Å². The van der Waals surface area contributed by atoms with Gasteiger partial charge in [0.2, 0.25) is 0 Å². The van der Waals surface area contributed by atoms with Crippen LogP contribution in [0.3, 0.4) is 0 Å². The van der Waals surface area contributed by atoms with Gasteiger partial charge in [0.25, 0.3) is 0 Å². The minimum absolute atomic E-state index is 0.0276. The fourth-order valence-corrected chi connectivity index (χ4v) is 3.47. The molecule has 0 heterocycles. The van der Waals surface area contributed by atoms with E-state index in [0.29, 0.717) is 16.1 Å². The van der Waals surface area contributed by atoms with E-state index < -0.39 is 0 Å². The highest BCUT2D eigenvalue weighted by molar-refractivity contribution is 9.10. The van der Waals surface area contributed by atoms with E-state index in [0.717, 1.165) is 16.5 Å². The third-order valence-corrected chi connectivity index (χ3v) is 4.86. The van der Waals surface area contributed by atoms with Gasteiger partial charge in [-0.25, -0.2) is 0 Å². The lowest BCUT2D eigenvalue weighted by Crippen LogP contribution is -2.04. The quantitative estimate of drug-likeness (QED) is 0.408. The van der Waals surface area contributed by atoms with Crippen molar-refractivity contribution in [2.45, 2.75) is 25.1 Å². The number of rotatable bonds is 4. The summed E-state index contributed by atoms with van der Waals surface area (Å²) < 4.78 is 0.762. The summed E-state index contributed by atoms with van der Waals surface area (Å²) in [6, 6.07) is 11.3. The largest absolute Gasteiger partial charge is 0.289 e. The van der Waals surface area contributed by atoms with Crippen molar-refractivity contribution in [1.29, 1.82) is 0 Å². The Labute approximate surface area is 147 Å². The number of ketones is 1. The Morgan fingerprint density at radius 3 is 2.38 bits per heavy atom. The van der Waals surface area contributed by atoms with Crippen molar-refractivity contribution in [1.82, 2.24) is 0 Å². The van der Waals surface area contributed by atoms with Gasteiger partial charge in [0.1, 0.15) is 0 Å². The van der Waals surface area contributed by atoms with Crippen LogP contribution >= 0.6 is 43.5 Å². The van der Waals surface area contributed by atoms with Gasteiger partial charge in [-0.3, -0.25) is 4.79 Å². The highest BCUT2D eigenvalue weighted by atomic mass is 79.9. The Morgan fingerprint density at radius 1 is 1.24 bits per heavy atom. The first-order valence-corrected chi connectivity index (χ1v) is 8.79. The van der Waals surface area contributed by atoms with Crippen molar-refractivity contribution in [3.8, 4) is 0 Å². The highest BCUT2D eigenvalue weighted by Crippen LogP contribution is 2.34. The number of hydrogen-bond acceptors (Lipinski definition) is 1. The Balaban J connectivity index is 2.41. The molecule has 1 atom stereocenters. The van der Waals surface area contributed by atoms with Crippen molar-refractivity contribution in [2.75, 3.05) is 0 Å². The Hall–Kier alpha value is -0.640. The highest BCUT2D eigenvalue weighted by Gasteiger charge is 2.17. The Morgan fingerprint density at radius 2 is 1.86 bits per heavy atom. The second-order valence-electron chi connectivity index (χ2n) is 4.85. The molecule has 0 amide bonds. The monoisotopic (exact) mass is 428 g/mol. The van der Waals surface area contributed by atoms with Crippen LogP contribution in [0.5, 0.6) is 0 Å². The first-order valence-electron chi connectivity index (χ1n) is 6.70. The summed E-state index contributed by atoms with van der Waals surface area (Å²) in [7, 11) is 0. The zero-order valence-electron chi connectivity index (χ0n) is 11.8. The van der Waals surface area contributed by atoms with Crippen molar-refractivity contribution in [2.24, 2.45) is 0 Å². The summed E-state index contributed by atoms with van der Waals surface area (Å²) in [6.45, 7) is 4.09. The molecule has 0 aliphatic carbocycles. The zero-order valence-corrected chi connectivity index (χ0v) is 15.7. The number of alkyl halides is 1. The summed E-state index contributed by atoms with van der Waals surface area (Å²) >= 11 is 13.2. The van der Waals surface area contributed by atoms with Gasteiger partial charge in [-0.05, 0) is 36.6 Å². The molecule has 110 valence electrons. The molecule has 0 radical (unpaired) electrons. The summed E-state index contributed by atoms with van der Waals surface area (Å²) in [5, 5.41) is 0.594. The number of halogens is 3. The van der Waals surface area contributed by atoms with E-state index in [1.807, 2.05) is 37.3 Å². The van der Waals surface area contributed by atoms with Crippen LogP contribution in [-0.4, -0.2) is 5.78 Å². The summed E-state index contributed by atoms with van der Waals surface area (Å²) in [5.41, 5.74) is 3.43. The van der Waals surface area contributed by atoms with E-state index in [-0.39, 0.29) is 10.6 Å². The van der Waals surface area contributed by atoms with Gasteiger partial charge in [0, 0.05) is 25.4 Å². The van der Waals surface area contributed by atoms with Crippen LogP contribution in [-0.2, 0) is 6.42 Å². The lowest BCUT2D eigenvalue weighted by atomic mass is 10.00. The van der Waals surface area contributed by atoms with Crippen molar-refractivity contribution in [3.63, 3.8) is 0 Å². The third-order valence-electron chi connectivity index (χ3n) is 3.38. The normalized spacial score (nSPS) is 12.2. The zero-order chi connectivity index (χ0) is 15.6. The van der Waals surface area contributed by atoms with E-state index in [1.54, 1.807) is 6.07 Å². The second-order valence-corrected chi connectivity index (χ2v) is 7.48. The number of carbonyl (C=O) groups excluding carboxylic acids is 1. The van der Waals surface area contributed by atoms with E-state index in [1.165, 1.54) is 5.56 Å². The van der Waals surface area contributed by atoms with Crippen molar-refractivity contribution < 1.29 is 4.79 Å². The van der Waals surface area contributed by atoms with E-state index >= 15 is 0 Å². The summed E-state index contributed by atoms with van der Waals surface area (Å²) in [5.74, 6) is -0.0276. The molecule has 4 heteroatoms. The summed E-state index contributed by atoms with van der Waals surface area (Å²) in [6.07, 6.45) is 0.960. The van der Waals surface area contributed by atoms with Crippen LogP contribution in [0.4, 0.5) is 0 Å². The van der Waals surface area contributed by atoms with Crippen LogP contribution in [0.1, 0.15) is 45.7 Å². The van der Waals surface area contributed by atoms with Crippen LogP contribution < -0.4 is 0 Å². The van der Waals surface area contributed by atoms with E-state index in [4.69, 9.17) is 11.6 Å². The van der Waals surface area contributed by atoms with E-state index in [9.17, 15) is 4.79 Å². The van der Waals surface area contributed by atoms with Gasteiger partial charge < -0.3 is 0 Å². The lowest BCUT2D eigenvalue weighted by Gasteiger charge is -2.11. The minimum Gasteiger partial charge on any atom is -0.289 e. The molecular formula is C17H15Br2ClO. The maximum atomic E-state index is 12.6. The maximum absolute atomic E-state index is 12.6. The fourth-order valence-electron chi connectivity index (χ4n) is 2.09. The first-order chi connectivity index (χ1) is 9.93. The molecule has 0 N–H and O–H groups in total. The molecule has 2 rings (SSSR count). The molecule has 2 aromatic carbocycles. The SMILES string of the molecule is CCc1ccc(C(=O)c2cc(Cl)c(C(C)Br)cc2Br)cc1. The fraction of sp³-hybridized carbons (Fsp3) is 0.235. The predicted octanol–water partition coefficient (Wildman–Crippen LogP) is 6.35. The molecule has 0 saturated carbocycles. The smallest absolute Gasteiger partial charge is 0.194 e. The molecule has 0 aliphatic heterocycles. The van der Waals surface area contributed by atoms with Gasteiger partial charge in [0.15, 0.2) is 5.78 Å². The average Bonchev–Trinajstić information content (AvgIpc) is 2.48. The average molecular weight is 431 g/mol. The molecule has 2 aromatic rings. The van der Waals surface area contributed by atoms with E-state index in [2.05, 4.69) is 38.8 Å². The lowest BCUT2D eigenvalue weighted by molar-refractivity contribution is 0.103. The molecule has 0 aromatic heterocycles. The summed E-state index contributed by atoms with van der Waals surface area (Å²) in [4.78, 5) is 12.7. The number of carbonyl (C=O) groups is 1. The van der Waals surface area contributed by atoms with Gasteiger partial charge in [-0.15, -0.1) is 0 Å². The molecule has 1 unspecified atom stereocenters. The van der Waals surface area contributed by atoms with Gasteiger partial charge in [-0.2, -0.15) is 0 Å². The topological polar surface area (TPSA) is 17.1 Å². The molecule has 21 heavy (non-hydrogen) atoms.